The van der Waals surface area contributed by atoms with Crippen LogP contribution in [0.5, 0.6) is 5.75 Å². The summed E-state index contributed by atoms with van der Waals surface area (Å²) in [4.78, 5) is 39.0. The summed E-state index contributed by atoms with van der Waals surface area (Å²) in [5.74, 6) is 1.18. The first-order valence-corrected chi connectivity index (χ1v) is 13.6. The molecule has 1 aromatic heterocycles. The maximum Gasteiger partial charge on any atom is 0.329 e. The lowest BCUT2D eigenvalue weighted by atomic mass is 9.49. The fraction of sp³-hybridized carbons (Fsp3) is 0.500. The fourth-order valence-electron chi connectivity index (χ4n) is 7.38. The van der Waals surface area contributed by atoms with Crippen LogP contribution in [-0.4, -0.2) is 37.0 Å². The first-order valence-electron chi connectivity index (χ1n) is 13.6. The molecule has 4 saturated carbocycles. The Balaban J connectivity index is 1.09. The molecule has 2 aromatic carbocycles. The highest BCUT2D eigenvalue weighted by atomic mass is 16.5. The van der Waals surface area contributed by atoms with E-state index in [1.54, 1.807) is 13.0 Å². The van der Waals surface area contributed by atoms with Crippen LogP contribution in [-0.2, 0) is 19.1 Å². The molecule has 0 radical (unpaired) electrons. The zero-order valence-corrected chi connectivity index (χ0v) is 22.0. The largest absolute Gasteiger partial charge is 0.495 e. The molecule has 1 heterocycles. The first kappa shape index (κ1) is 24.8. The number of fused-ring (bicyclic) bond motifs is 3. The lowest BCUT2D eigenvalue weighted by Crippen LogP contribution is -2.56. The summed E-state index contributed by atoms with van der Waals surface area (Å²) in [7, 11) is 1.52. The van der Waals surface area contributed by atoms with Crippen molar-refractivity contribution >= 4 is 45.4 Å². The van der Waals surface area contributed by atoms with E-state index >= 15 is 0 Å². The molecule has 1 unspecified atom stereocenters. The second-order valence-electron chi connectivity index (χ2n) is 11.6. The van der Waals surface area contributed by atoms with Gasteiger partial charge in [-0.25, -0.2) is 4.79 Å². The van der Waals surface area contributed by atoms with E-state index in [-0.39, 0.29) is 11.3 Å². The maximum absolute atomic E-state index is 13.3. The average Bonchev–Trinajstić information content (AvgIpc) is 3.24. The normalized spacial score (nSPS) is 27.2. The molecule has 200 valence electrons. The van der Waals surface area contributed by atoms with Crippen LogP contribution in [0, 0.1) is 23.2 Å². The summed E-state index contributed by atoms with van der Waals surface area (Å²) in [6.07, 6.45) is 5.41. The number of carbonyl (C=O) groups excluding carboxylic acids is 3. The molecule has 4 bridgehead atoms. The summed E-state index contributed by atoms with van der Waals surface area (Å²) in [6, 6.07) is 10.3. The second-order valence-corrected chi connectivity index (χ2v) is 11.6. The molecule has 3 aromatic rings. The molecular formula is C30H34N2O6. The van der Waals surface area contributed by atoms with Gasteiger partial charge in [0.1, 0.15) is 23.0 Å². The summed E-state index contributed by atoms with van der Waals surface area (Å²) >= 11 is 0. The summed E-state index contributed by atoms with van der Waals surface area (Å²) < 4.78 is 16.9. The van der Waals surface area contributed by atoms with Gasteiger partial charge < -0.3 is 24.5 Å². The number of esters is 1. The predicted molar refractivity (Wildman–Crippen MR) is 143 cm³/mol. The molecule has 4 aliphatic rings. The van der Waals surface area contributed by atoms with Gasteiger partial charge in [-0.15, -0.1) is 0 Å². The Hall–Kier alpha value is -3.55. The lowest BCUT2D eigenvalue weighted by molar-refractivity contribution is -0.158. The minimum absolute atomic E-state index is 0.0398. The van der Waals surface area contributed by atoms with Gasteiger partial charge in [-0.2, -0.15) is 0 Å². The third kappa shape index (κ3) is 4.29. The highest BCUT2D eigenvalue weighted by Gasteiger charge is 2.54. The van der Waals surface area contributed by atoms with Gasteiger partial charge in [0.25, 0.3) is 5.91 Å². The Labute approximate surface area is 221 Å². The number of amides is 2. The van der Waals surface area contributed by atoms with E-state index in [1.165, 1.54) is 33.3 Å². The van der Waals surface area contributed by atoms with Crippen molar-refractivity contribution in [2.75, 3.05) is 12.4 Å². The number of methoxy groups -OCH3 is 1. The highest BCUT2D eigenvalue weighted by molar-refractivity contribution is 6.08. The van der Waals surface area contributed by atoms with Gasteiger partial charge in [0.15, 0.2) is 6.10 Å². The quantitative estimate of drug-likeness (QED) is 0.417. The standard InChI is InChI=1S/C30H34N2O6/c1-16(31-29(35)30-13-18-8-19(14-30)10-20(9-18)15-30)28(34)37-17(2)27(33)32-23-12-25-22(11-26(23)36-3)21-6-4-5-7-24(21)38-25/h4-7,11-12,16-20H,8-10,13-15H2,1-3H3,(H,31,35)(H,32,33)/t16-,17?,18?,19?,20?,30?/m0/s1. The second kappa shape index (κ2) is 9.33. The summed E-state index contributed by atoms with van der Waals surface area (Å²) in [6.45, 7) is 3.12. The van der Waals surface area contributed by atoms with Crippen molar-refractivity contribution in [1.82, 2.24) is 5.32 Å². The van der Waals surface area contributed by atoms with E-state index in [9.17, 15) is 14.4 Å². The molecule has 4 fully saturated rings. The topological polar surface area (TPSA) is 107 Å². The molecule has 8 heteroatoms. The van der Waals surface area contributed by atoms with E-state index < -0.39 is 24.0 Å². The van der Waals surface area contributed by atoms with E-state index in [2.05, 4.69) is 10.6 Å². The number of hydrogen-bond donors (Lipinski definition) is 2. The van der Waals surface area contributed by atoms with Crippen LogP contribution in [0.4, 0.5) is 5.69 Å². The smallest absolute Gasteiger partial charge is 0.329 e. The van der Waals surface area contributed by atoms with E-state index in [1.807, 2.05) is 30.3 Å². The maximum atomic E-state index is 13.3. The minimum Gasteiger partial charge on any atom is -0.495 e. The average molecular weight is 519 g/mol. The number of benzene rings is 2. The highest BCUT2D eigenvalue weighted by Crippen LogP contribution is 2.60. The van der Waals surface area contributed by atoms with Crippen molar-refractivity contribution in [2.45, 2.75) is 64.5 Å². The number of nitrogens with one attached hydrogen (secondary N) is 2. The Morgan fingerprint density at radius 3 is 2.26 bits per heavy atom. The Morgan fingerprint density at radius 1 is 0.947 bits per heavy atom. The van der Waals surface area contributed by atoms with E-state index in [4.69, 9.17) is 13.9 Å². The van der Waals surface area contributed by atoms with E-state index in [0.29, 0.717) is 34.8 Å². The van der Waals surface area contributed by atoms with Gasteiger partial charge in [0.2, 0.25) is 5.91 Å². The van der Waals surface area contributed by atoms with E-state index in [0.717, 1.165) is 35.6 Å². The molecule has 2 N–H and O–H groups in total. The van der Waals surface area contributed by atoms with Crippen LogP contribution >= 0.6 is 0 Å². The molecule has 7 rings (SSSR count). The SMILES string of the molecule is COc1cc2c(cc1NC(=O)C(C)OC(=O)[C@H](C)NC(=O)C13CC4CC(CC(C4)C1)C3)oc1ccccc12. The zero-order chi connectivity index (χ0) is 26.6. The van der Waals surface area contributed by atoms with Crippen molar-refractivity contribution < 1.29 is 28.3 Å². The van der Waals surface area contributed by atoms with Crippen LogP contribution < -0.4 is 15.4 Å². The third-order valence-electron chi connectivity index (χ3n) is 8.84. The number of ether oxygens (including phenoxy) is 2. The molecule has 0 spiro atoms. The molecule has 0 saturated heterocycles. The number of rotatable bonds is 7. The molecule has 0 aliphatic heterocycles. The summed E-state index contributed by atoms with van der Waals surface area (Å²) in [5, 5.41) is 7.51. The molecule has 2 amide bonds. The Kier molecular flexibility index (Phi) is 6.08. The van der Waals surface area contributed by atoms with Crippen molar-refractivity contribution in [3.8, 4) is 5.75 Å². The van der Waals surface area contributed by atoms with Gasteiger partial charge in [-0.05, 0) is 82.3 Å². The third-order valence-corrected chi connectivity index (χ3v) is 8.84. The van der Waals surface area contributed by atoms with Gasteiger partial charge >= 0.3 is 5.97 Å². The molecule has 8 nitrogen and oxygen atoms in total. The number of carbonyl (C=O) groups is 3. The van der Waals surface area contributed by atoms with Crippen molar-refractivity contribution in [1.29, 1.82) is 0 Å². The van der Waals surface area contributed by atoms with Crippen LogP contribution in [0.3, 0.4) is 0 Å². The predicted octanol–water partition coefficient (Wildman–Crippen LogP) is 5.19. The number of furan rings is 1. The zero-order valence-electron chi connectivity index (χ0n) is 22.0. The molecule has 38 heavy (non-hydrogen) atoms. The van der Waals surface area contributed by atoms with Gasteiger partial charge in [0.05, 0.1) is 12.8 Å². The monoisotopic (exact) mass is 518 g/mol. The minimum atomic E-state index is -1.07. The van der Waals surface area contributed by atoms with Crippen molar-refractivity contribution in [3.05, 3.63) is 36.4 Å². The van der Waals surface area contributed by atoms with Crippen LogP contribution in [0.25, 0.3) is 21.9 Å². The molecule has 4 aliphatic carbocycles. The molecular weight excluding hydrogens is 484 g/mol. The van der Waals surface area contributed by atoms with Crippen molar-refractivity contribution in [2.24, 2.45) is 23.2 Å². The Bertz CT molecular complexity index is 1390. The van der Waals surface area contributed by atoms with Gasteiger partial charge in [-0.3, -0.25) is 9.59 Å². The molecule has 2 atom stereocenters. The summed E-state index contributed by atoms with van der Waals surface area (Å²) in [5.41, 5.74) is 1.40. The van der Waals surface area contributed by atoms with Crippen LogP contribution in [0.1, 0.15) is 52.4 Å². The number of anilines is 1. The number of hydrogen-bond acceptors (Lipinski definition) is 6. The Morgan fingerprint density at radius 2 is 1.61 bits per heavy atom. The fourth-order valence-corrected chi connectivity index (χ4v) is 7.38. The first-order chi connectivity index (χ1) is 18.2. The van der Waals surface area contributed by atoms with Crippen LogP contribution in [0.15, 0.2) is 40.8 Å². The van der Waals surface area contributed by atoms with Crippen molar-refractivity contribution in [3.63, 3.8) is 0 Å². The lowest BCUT2D eigenvalue weighted by Gasteiger charge is -2.55. The van der Waals surface area contributed by atoms with Crippen LogP contribution in [0.2, 0.25) is 0 Å². The number of para-hydroxylation sites is 1. The van der Waals surface area contributed by atoms with Gasteiger partial charge in [0, 0.05) is 22.3 Å². The van der Waals surface area contributed by atoms with Gasteiger partial charge in [-0.1, -0.05) is 18.2 Å².